The molecular weight excluding hydrogens is 687 g/mol. The van der Waals surface area contributed by atoms with Crippen molar-refractivity contribution in [1.29, 1.82) is 0 Å². The summed E-state index contributed by atoms with van der Waals surface area (Å²) in [7, 11) is 0. The van der Waals surface area contributed by atoms with E-state index in [4.69, 9.17) is 19.4 Å². The second-order valence-electron chi connectivity index (χ2n) is 13.9. The second kappa shape index (κ2) is 13.0. The monoisotopic (exact) mass is 717 g/mol. The fourth-order valence-electron chi connectivity index (χ4n) is 7.90. The Morgan fingerprint density at radius 2 is 1.04 bits per heavy atom. The van der Waals surface area contributed by atoms with Gasteiger partial charge >= 0.3 is 0 Å². The lowest BCUT2D eigenvalue weighted by atomic mass is 9.95. The molecule has 0 fully saturated rings. The zero-order chi connectivity index (χ0) is 37.0. The number of para-hydroxylation sites is 4. The molecule has 4 heterocycles. The first-order chi connectivity index (χ1) is 27.7. The average Bonchev–Trinajstić information content (AvgIpc) is 3.83. The van der Waals surface area contributed by atoms with Gasteiger partial charge in [-0.2, -0.15) is 0 Å². The van der Waals surface area contributed by atoms with Crippen LogP contribution >= 0.6 is 0 Å². The quantitative estimate of drug-likeness (QED) is 0.171. The van der Waals surface area contributed by atoms with Gasteiger partial charge in [0.25, 0.3) is 0 Å². The van der Waals surface area contributed by atoms with Crippen LogP contribution in [0.25, 0.3) is 106 Å². The Balaban J connectivity index is 1.14. The van der Waals surface area contributed by atoms with Crippen molar-refractivity contribution in [1.82, 2.24) is 24.5 Å². The number of fused-ring (bicyclic) bond motifs is 6. The van der Waals surface area contributed by atoms with Crippen LogP contribution < -0.4 is 0 Å². The van der Waals surface area contributed by atoms with Gasteiger partial charge in [-0.25, -0.2) is 15.0 Å². The van der Waals surface area contributed by atoms with Crippen molar-refractivity contribution in [3.63, 3.8) is 0 Å². The number of nitrogens with zero attached hydrogens (tertiary/aromatic N) is 5. The summed E-state index contributed by atoms with van der Waals surface area (Å²) in [6.45, 7) is 0. The number of hydrogen-bond donors (Lipinski definition) is 0. The SMILES string of the molecule is c1ccc(-c2nc(-c3cc(-c4cccnc4)cc(-c4ccc5c(c4)c4ccccc4n5-c4ccccc4)c3)nc(-c3cccc4c3oc3ccccc34)n2)cc1. The molecule has 11 rings (SSSR count). The summed E-state index contributed by atoms with van der Waals surface area (Å²) in [6.07, 6.45) is 3.70. The van der Waals surface area contributed by atoms with E-state index in [-0.39, 0.29) is 0 Å². The van der Waals surface area contributed by atoms with Crippen LogP contribution in [-0.2, 0) is 0 Å². The molecule has 0 N–H and O–H groups in total. The fourth-order valence-corrected chi connectivity index (χ4v) is 7.90. The normalized spacial score (nSPS) is 11.6. The molecule has 11 aromatic rings. The predicted molar refractivity (Wildman–Crippen MR) is 226 cm³/mol. The smallest absolute Gasteiger partial charge is 0.167 e. The van der Waals surface area contributed by atoms with Crippen molar-refractivity contribution in [2.24, 2.45) is 0 Å². The molecule has 0 saturated carbocycles. The summed E-state index contributed by atoms with van der Waals surface area (Å²) >= 11 is 0. The first-order valence-corrected chi connectivity index (χ1v) is 18.6. The molecule has 0 radical (unpaired) electrons. The van der Waals surface area contributed by atoms with Crippen LogP contribution in [0.5, 0.6) is 0 Å². The topological polar surface area (TPSA) is 69.6 Å². The third kappa shape index (κ3) is 5.35. The van der Waals surface area contributed by atoms with Crippen molar-refractivity contribution < 1.29 is 4.42 Å². The van der Waals surface area contributed by atoms with Crippen LogP contribution in [-0.4, -0.2) is 24.5 Å². The van der Waals surface area contributed by atoms with Gasteiger partial charge in [0, 0.05) is 56.3 Å². The minimum absolute atomic E-state index is 0.544. The van der Waals surface area contributed by atoms with Crippen LogP contribution in [0, 0.1) is 0 Å². The van der Waals surface area contributed by atoms with E-state index in [1.165, 1.54) is 16.3 Å². The maximum Gasteiger partial charge on any atom is 0.167 e. The number of benzene rings is 7. The van der Waals surface area contributed by atoms with Gasteiger partial charge in [0.15, 0.2) is 17.5 Å². The van der Waals surface area contributed by atoms with Crippen molar-refractivity contribution in [2.45, 2.75) is 0 Å². The lowest BCUT2D eigenvalue weighted by Crippen LogP contribution is -2.01. The molecule has 0 amide bonds. The minimum atomic E-state index is 0.544. The summed E-state index contributed by atoms with van der Waals surface area (Å²) in [4.78, 5) is 19.9. The zero-order valence-corrected chi connectivity index (χ0v) is 30.0. The molecule has 0 aliphatic rings. The van der Waals surface area contributed by atoms with E-state index in [9.17, 15) is 0 Å². The first kappa shape index (κ1) is 31.8. The molecule has 6 heteroatoms. The van der Waals surface area contributed by atoms with Gasteiger partial charge in [-0.15, -0.1) is 0 Å². The number of pyridine rings is 1. The fraction of sp³-hybridized carbons (Fsp3) is 0. The highest BCUT2D eigenvalue weighted by Gasteiger charge is 2.19. The molecule has 0 atom stereocenters. The van der Waals surface area contributed by atoms with E-state index in [1.807, 2.05) is 72.9 Å². The third-order valence-corrected chi connectivity index (χ3v) is 10.5. The Bertz CT molecular complexity index is 3240. The molecule has 0 saturated heterocycles. The first-order valence-electron chi connectivity index (χ1n) is 18.6. The average molecular weight is 718 g/mol. The number of rotatable bonds is 6. The van der Waals surface area contributed by atoms with Crippen molar-refractivity contribution >= 4 is 43.7 Å². The van der Waals surface area contributed by atoms with E-state index in [0.29, 0.717) is 17.5 Å². The molecule has 0 aliphatic carbocycles. The van der Waals surface area contributed by atoms with E-state index in [1.54, 1.807) is 6.20 Å². The Morgan fingerprint density at radius 3 is 1.86 bits per heavy atom. The largest absolute Gasteiger partial charge is 0.455 e. The van der Waals surface area contributed by atoms with Crippen molar-refractivity contribution in [2.75, 3.05) is 0 Å². The minimum Gasteiger partial charge on any atom is -0.455 e. The zero-order valence-electron chi connectivity index (χ0n) is 30.0. The molecule has 0 aliphatic heterocycles. The Labute approximate surface area is 322 Å². The molecule has 0 unspecified atom stereocenters. The van der Waals surface area contributed by atoms with E-state index in [0.717, 1.165) is 72.1 Å². The van der Waals surface area contributed by atoms with Gasteiger partial charge < -0.3 is 8.98 Å². The van der Waals surface area contributed by atoms with Gasteiger partial charge in [0.2, 0.25) is 0 Å². The summed E-state index contributed by atoms with van der Waals surface area (Å²) in [5, 5.41) is 4.46. The number of hydrogen-bond acceptors (Lipinski definition) is 5. The molecule has 56 heavy (non-hydrogen) atoms. The molecule has 4 aromatic heterocycles. The van der Waals surface area contributed by atoms with Gasteiger partial charge in [0.1, 0.15) is 11.2 Å². The maximum absolute atomic E-state index is 6.47. The molecule has 0 bridgehead atoms. The van der Waals surface area contributed by atoms with Crippen LogP contribution in [0.1, 0.15) is 0 Å². The summed E-state index contributed by atoms with van der Waals surface area (Å²) in [5.41, 5.74) is 11.7. The van der Waals surface area contributed by atoms with Gasteiger partial charge in [-0.1, -0.05) is 109 Å². The van der Waals surface area contributed by atoms with Gasteiger partial charge in [0.05, 0.1) is 16.6 Å². The predicted octanol–water partition coefficient (Wildman–Crippen LogP) is 12.6. The number of aromatic nitrogens is 5. The summed E-state index contributed by atoms with van der Waals surface area (Å²) in [5.74, 6) is 1.69. The Morgan fingerprint density at radius 1 is 0.393 bits per heavy atom. The second-order valence-corrected chi connectivity index (χ2v) is 13.9. The highest BCUT2D eigenvalue weighted by molar-refractivity contribution is 6.11. The van der Waals surface area contributed by atoms with Gasteiger partial charge in [-0.05, 0) is 83.4 Å². The van der Waals surface area contributed by atoms with Crippen LogP contribution in [0.3, 0.4) is 0 Å². The number of furan rings is 1. The molecule has 6 nitrogen and oxygen atoms in total. The molecule has 0 spiro atoms. The van der Waals surface area contributed by atoms with E-state index >= 15 is 0 Å². The Hall–Kier alpha value is -7.70. The van der Waals surface area contributed by atoms with Gasteiger partial charge in [-0.3, -0.25) is 4.98 Å². The maximum atomic E-state index is 6.47. The standard InChI is InChI=1S/C50H31N5O/c1-3-13-32(14-4-1)48-52-49(54-50(53-48)42-21-11-20-41-40-19-8-10-23-46(40)56-47(41)42)37-28-35(27-36(29-37)34-15-12-26-51-31-34)33-24-25-45-43(30-33)39-18-7-9-22-44(39)55(45)38-16-5-2-6-17-38/h1-31H. The van der Waals surface area contributed by atoms with E-state index in [2.05, 4.69) is 119 Å². The highest BCUT2D eigenvalue weighted by atomic mass is 16.3. The van der Waals surface area contributed by atoms with Crippen LogP contribution in [0.2, 0.25) is 0 Å². The summed E-state index contributed by atoms with van der Waals surface area (Å²) in [6, 6.07) is 60.8. The molecular formula is C50H31N5O. The van der Waals surface area contributed by atoms with E-state index < -0.39 is 0 Å². The van der Waals surface area contributed by atoms with Crippen molar-refractivity contribution in [3.05, 3.63) is 188 Å². The Kier molecular flexibility index (Phi) is 7.38. The van der Waals surface area contributed by atoms with Crippen molar-refractivity contribution in [3.8, 4) is 62.1 Å². The molecule has 7 aromatic carbocycles. The lowest BCUT2D eigenvalue weighted by molar-refractivity contribution is 0.669. The summed E-state index contributed by atoms with van der Waals surface area (Å²) < 4.78 is 8.81. The lowest BCUT2D eigenvalue weighted by Gasteiger charge is -2.13. The van der Waals surface area contributed by atoms with Crippen LogP contribution in [0.15, 0.2) is 193 Å². The van der Waals surface area contributed by atoms with Crippen LogP contribution in [0.4, 0.5) is 0 Å². The molecule has 262 valence electrons. The third-order valence-electron chi connectivity index (χ3n) is 10.5. The highest BCUT2D eigenvalue weighted by Crippen LogP contribution is 2.39.